The summed E-state index contributed by atoms with van der Waals surface area (Å²) in [5.74, 6) is -0.242. The fourth-order valence-corrected chi connectivity index (χ4v) is 1.63. The van der Waals surface area contributed by atoms with Gasteiger partial charge in [-0.3, -0.25) is 14.6 Å². The van der Waals surface area contributed by atoms with Crippen LogP contribution in [0.3, 0.4) is 0 Å². The van der Waals surface area contributed by atoms with E-state index in [-0.39, 0.29) is 11.6 Å². The Hall–Kier alpha value is -2.29. The molecular weight excluding hydrogens is 226 g/mol. The van der Waals surface area contributed by atoms with E-state index >= 15 is 0 Å². The zero-order valence-corrected chi connectivity index (χ0v) is 10.3. The first-order valence-corrected chi connectivity index (χ1v) is 5.66. The third-order valence-corrected chi connectivity index (χ3v) is 2.71. The molecule has 0 saturated heterocycles. The van der Waals surface area contributed by atoms with Crippen molar-refractivity contribution in [3.63, 3.8) is 0 Å². The van der Waals surface area contributed by atoms with Crippen LogP contribution in [0, 0.1) is 6.92 Å². The second-order valence-electron chi connectivity index (χ2n) is 4.18. The van der Waals surface area contributed by atoms with Crippen LogP contribution in [0.25, 0.3) is 0 Å². The number of aromatic nitrogens is 1. The molecule has 90 valence electrons. The molecule has 2 rings (SSSR count). The Balaban J connectivity index is 2.37. The lowest BCUT2D eigenvalue weighted by Gasteiger charge is -2.02. The van der Waals surface area contributed by atoms with Gasteiger partial charge in [0.2, 0.25) is 5.78 Å². The molecule has 3 heteroatoms. The van der Waals surface area contributed by atoms with Crippen molar-refractivity contribution in [2.45, 2.75) is 13.8 Å². The fourth-order valence-electron chi connectivity index (χ4n) is 1.63. The quantitative estimate of drug-likeness (QED) is 0.774. The third kappa shape index (κ3) is 2.51. The highest BCUT2D eigenvalue weighted by atomic mass is 16.1. The van der Waals surface area contributed by atoms with Crippen molar-refractivity contribution in [3.8, 4) is 0 Å². The minimum absolute atomic E-state index is 0.0737. The van der Waals surface area contributed by atoms with E-state index in [0.29, 0.717) is 16.8 Å². The summed E-state index contributed by atoms with van der Waals surface area (Å²) in [6.07, 6.45) is 1.48. The molecule has 0 amide bonds. The summed E-state index contributed by atoms with van der Waals surface area (Å²) in [5, 5.41) is 0. The largest absolute Gasteiger partial charge is 0.295 e. The summed E-state index contributed by atoms with van der Waals surface area (Å²) >= 11 is 0. The summed E-state index contributed by atoms with van der Waals surface area (Å²) in [5.41, 5.74) is 2.47. The van der Waals surface area contributed by atoms with Crippen molar-refractivity contribution in [3.05, 3.63) is 65.0 Å². The minimum Gasteiger partial charge on any atom is -0.295 e. The summed E-state index contributed by atoms with van der Waals surface area (Å²) in [4.78, 5) is 27.4. The zero-order chi connectivity index (χ0) is 13.1. The number of benzene rings is 1. The van der Waals surface area contributed by atoms with E-state index in [1.54, 1.807) is 18.2 Å². The van der Waals surface area contributed by atoms with E-state index in [1.807, 2.05) is 19.1 Å². The number of ketones is 2. The van der Waals surface area contributed by atoms with Crippen molar-refractivity contribution in [1.82, 2.24) is 4.98 Å². The van der Waals surface area contributed by atoms with Gasteiger partial charge in [0, 0.05) is 17.3 Å². The summed E-state index contributed by atoms with van der Waals surface area (Å²) in [6.45, 7) is 3.43. The smallest absolute Gasteiger partial charge is 0.211 e. The second kappa shape index (κ2) is 4.92. The average molecular weight is 239 g/mol. The van der Waals surface area contributed by atoms with Crippen LogP contribution in [-0.2, 0) is 0 Å². The normalized spacial score (nSPS) is 10.1. The van der Waals surface area contributed by atoms with Gasteiger partial charge in [0.05, 0.1) is 0 Å². The lowest BCUT2D eigenvalue weighted by molar-refractivity contribution is 0.101. The van der Waals surface area contributed by atoms with Gasteiger partial charge < -0.3 is 0 Å². The van der Waals surface area contributed by atoms with Crippen molar-refractivity contribution in [2.24, 2.45) is 0 Å². The Labute approximate surface area is 105 Å². The topological polar surface area (TPSA) is 47.0 Å². The lowest BCUT2D eigenvalue weighted by atomic mass is 10.0. The number of rotatable bonds is 3. The van der Waals surface area contributed by atoms with E-state index < -0.39 is 0 Å². The molecule has 0 N–H and O–H groups in total. The van der Waals surface area contributed by atoms with Crippen molar-refractivity contribution < 1.29 is 9.59 Å². The van der Waals surface area contributed by atoms with Gasteiger partial charge in [0.1, 0.15) is 5.69 Å². The molecule has 0 aliphatic carbocycles. The molecule has 0 spiro atoms. The molecule has 1 heterocycles. The zero-order valence-electron chi connectivity index (χ0n) is 10.3. The molecule has 0 atom stereocenters. The minimum atomic E-state index is -0.168. The maximum atomic E-state index is 12.2. The molecule has 18 heavy (non-hydrogen) atoms. The van der Waals surface area contributed by atoms with Gasteiger partial charge >= 0.3 is 0 Å². The monoisotopic (exact) mass is 239 g/mol. The van der Waals surface area contributed by atoms with Gasteiger partial charge in [-0.15, -0.1) is 0 Å². The molecule has 2 aromatic rings. The number of hydrogen-bond donors (Lipinski definition) is 0. The lowest BCUT2D eigenvalue weighted by Crippen LogP contribution is -2.05. The average Bonchev–Trinajstić information content (AvgIpc) is 2.39. The standard InChI is InChI=1S/C15H13NO2/c1-10-3-5-12(6-4-10)15(18)14-9-13(11(2)17)7-8-16-14/h3-9H,1-2H3. The summed E-state index contributed by atoms with van der Waals surface area (Å²) in [6, 6.07) is 10.4. The van der Waals surface area contributed by atoms with Gasteiger partial charge in [-0.1, -0.05) is 29.8 Å². The van der Waals surface area contributed by atoms with E-state index in [9.17, 15) is 9.59 Å². The number of hydrogen-bond acceptors (Lipinski definition) is 3. The van der Waals surface area contributed by atoms with Crippen LogP contribution < -0.4 is 0 Å². The number of carbonyl (C=O) groups excluding carboxylic acids is 2. The van der Waals surface area contributed by atoms with Crippen LogP contribution in [0.5, 0.6) is 0 Å². The number of Topliss-reactive ketones (excluding diaryl/α,β-unsaturated/α-hetero) is 1. The molecule has 1 aromatic heterocycles. The first kappa shape index (κ1) is 12.2. The van der Waals surface area contributed by atoms with Crippen LogP contribution in [0.15, 0.2) is 42.6 Å². The highest BCUT2D eigenvalue weighted by Gasteiger charge is 2.11. The van der Waals surface area contributed by atoms with E-state index in [0.717, 1.165) is 5.56 Å². The number of pyridine rings is 1. The SMILES string of the molecule is CC(=O)c1ccnc(C(=O)c2ccc(C)cc2)c1. The predicted octanol–water partition coefficient (Wildman–Crippen LogP) is 2.82. The maximum absolute atomic E-state index is 12.2. The molecular formula is C15H13NO2. The van der Waals surface area contributed by atoms with E-state index in [1.165, 1.54) is 19.2 Å². The molecule has 0 unspecified atom stereocenters. The van der Waals surface area contributed by atoms with Crippen LogP contribution in [-0.4, -0.2) is 16.6 Å². The fraction of sp³-hybridized carbons (Fsp3) is 0.133. The first-order valence-electron chi connectivity index (χ1n) is 5.66. The summed E-state index contributed by atoms with van der Waals surface area (Å²) < 4.78 is 0. The predicted molar refractivity (Wildman–Crippen MR) is 68.9 cm³/mol. The molecule has 0 radical (unpaired) electrons. The van der Waals surface area contributed by atoms with E-state index in [2.05, 4.69) is 4.98 Å². The van der Waals surface area contributed by atoms with Crippen LogP contribution in [0.2, 0.25) is 0 Å². The maximum Gasteiger partial charge on any atom is 0.211 e. The number of aryl methyl sites for hydroxylation is 1. The number of carbonyl (C=O) groups is 2. The Morgan fingerprint density at radius 1 is 1.00 bits per heavy atom. The molecule has 0 aliphatic heterocycles. The molecule has 0 saturated carbocycles. The first-order chi connectivity index (χ1) is 8.58. The molecule has 0 bridgehead atoms. The Bertz CT molecular complexity index is 600. The highest BCUT2D eigenvalue weighted by Crippen LogP contribution is 2.11. The summed E-state index contributed by atoms with van der Waals surface area (Å²) in [7, 11) is 0. The van der Waals surface area contributed by atoms with Crippen molar-refractivity contribution >= 4 is 11.6 Å². The van der Waals surface area contributed by atoms with Crippen LogP contribution in [0.4, 0.5) is 0 Å². The second-order valence-corrected chi connectivity index (χ2v) is 4.18. The Kier molecular flexibility index (Phi) is 3.33. The van der Waals surface area contributed by atoms with Crippen LogP contribution >= 0.6 is 0 Å². The van der Waals surface area contributed by atoms with Gasteiger partial charge in [0.15, 0.2) is 5.78 Å². The van der Waals surface area contributed by atoms with Gasteiger partial charge in [-0.2, -0.15) is 0 Å². The molecule has 0 aliphatic rings. The molecule has 0 fully saturated rings. The van der Waals surface area contributed by atoms with Gasteiger partial charge in [0.25, 0.3) is 0 Å². The van der Waals surface area contributed by atoms with Crippen LogP contribution in [0.1, 0.15) is 38.9 Å². The van der Waals surface area contributed by atoms with Crippen molar-refractivity contribution in [1.29, 1.82) is 0 Å². The van der Waals surface area contributed by atoms with Gasteiger partial charge in [-0.25, -0.2) is 0 Å². The Morgan fingerprint density at radius 2 is 1.67 bits per heavy atom. The molecule has 3 nitrogen and oxygen atoms in total. The highest BCUT2D eigenvalue weighted by molar-refractivity contribution is 6.08. The third-order valence-electron chi connectivity index (χ3n) is 2.71. The molecule has 1 aromatic carbocycles. The van der Waals surface area contributed by atoms with Crippen molar-refractivity contribution in [2.75, 3.05) is 0 Å². The Morgan fingerprint density at radius 3 is 2.28 bits per heavy atom. The van der Waals surface area contributed by atoms with E-state index in [4.69, 9.17) is 0 Å². The number of nitrogens with zero attached hydrogens (tertiary/aromatic N) is 1. The van der Waals surface area contributed by atoms with Gasteiger partial charge in [-0.05, 0) is 26.0 Å².